The SMILES string of the molecule is CC(NCc1cccc(O)c1Cl)c1nncn1C. The van der Waals surface area contributed by atoms with Crippen LogP contribution < -0.4 is 5.32 Å². The van der Waals surface area contributed by atoms with Gasteiger partial charge in [0.25, 0.3) is 0 Å². The molecule has 0 aliphatic rings. The summed E-state index contributed by atoms with van der Waals surface area (Å²) < 4.78 is 1.86. The van der Waals surface area contributed by atoms with Crippen molar-refractivity contribution < 1.29 is 5.11 Å². The summed E-state index contributed by atoms with van der Waals surface area (Å²) in [7, 11) is 1.90. The number of nitrogens with one attached hydrogen (secondary N) is 1. The maximum absolute atomic E-state index is 9.51. The van der Waals surface area contributed by atoms with Gasteiger partial charge in [0.05, 0.1) is 11.1 Å². The first kappa shape index (κ1) is 12.9. The Labute approximate surface area is 110 Å². The van der Waals surface area contributed by atoms with Crippen LogP contribution in [0.5, 0.6) is 5.75 Å². The molecule has 0 amide bonds. The Bertz CT molecular complexity index is 541. The van der Waals surface area contributed by atoms with Crippen LogP contribution in [0, 0.1) is 0 Å². The van der Waals surface area contributed by atoms with Crippen LogP contribution in [-0.2, 0) is 13.6 Å². The fourth-order valence-electron chi connectivity index (χ4n) is 1.74. The van der Waals surface area contributed by atoms with E-state index in [-0.39, 0.29) is 11.8 Å². The number of hydrogen-bond acceptors (Lipinski definition) is 4. The number of rotatable bonds is 4. The van der Waals surface area contributed by atoms with Gasteiger partial charge in [0.15, 0.2) is 0 Å². The molecule has 0 spiro atoms. The second-order valence-corrected chi connectivity index (χ2v) is 4.53. The maximum atomic E-state index is 9.51. The lowest BCUT2D eigenvalue weighted by molar-refractivity contribution is 0.473. The average molecular weight is 267 g/mol. The van der Waals surface area contributed by atoms with E-state index in [1.54, 1.807) is 18.5 Å². The van der Waals surface area contributed by atoms with Crippen LogP contribution in [0.2, 0.25) is 5.02 Å². The summed E-state index contributed by atoms with van der Waals surface area (Å²) in [6, 6.07) is 5.26. The van der Waals surface area contributed by atoms with Crippen molar-refractivity contribution in [3.63, 3.8) is 0 Å². The lowest BCUT2D eigenvalue weighted by Gasteiger charge is -2.13. The average Bonchev–Trinajstić information content (AvgIpc) is 2.77. The van der Waals surface area contributed by atoms with Gasteiger partial charge < -0.3 is 15.0 Å². The highest BCUT2D eigenvalue weighted by atomic mass is 35.5. The monoisotopic (exact) mass is 266 g/mol. The quantitative estimate of drug-likeness (QED) is 0.889. The van der Waals surface area contributed by atoms with E-state index in [2.05, 4.69) is 15.5 Å². The van der Waals surface area contributed by atoms with Crippen LogP contribution in [0.15, 0.2) is 24.5 Å². The number of aromatic nitrogens is 3. The number of aryl methyl sites for hydroxylation is 1. The first-order chi connectivity index (χ1) is 8.59. The number of phenolic OH excluding ortho intramolecular Hbond substituents is 1. The zero-order chi connectivity index (χ0) is 13.1. The van der Waals surface area contributed by atoms with Gasteiger partial charge in [0.2, 0.25) is 0 Å². The number of halogens is 1. The molecule has 0 aliphatic heterocycles. The van der Waals surface area contributed by atoms with Gasteiger partial charge in [-0.15, -0.1) is 10.2 Å². The lowest BCUT2D eigenvalue weighted by Crippen LogP contribution is -2.21. The summed E-state index contributed by atoms with van der Waals surface area (Å²) in [5, 5.41) is 21.1. The minimum Gasteiger partial charge on any atom is -0.506 e. The molecule has 18 heavy (non-hydrogen) atoms. The Morgan fingerprint density at radius 1 is 1.50 bits per heavy atom. The number of benzene rings is 1. The summed E-state index contributed by atoms with van der Waals surface area (Å²) >= 11 is 6.01. The fraction of sp³-hybridized carbons (Fsp3) is 0.333. The Hall–Kier alpha value is -1.59. The molecule has 2 N–H and O–H groups in total. The molecule has 0 aliphatic carbocycles. The second kappa shape index (κ2) is 5.37. The van der Waals surface area contributed by atoms with Crippen molar-refractivity contribution in [2.45, 2.75) is 19.5 Å². The van der Waals surface area contributed by atoms with Crippen molar-refractivity contribution >= 4 is 11.6 Å². The molecule has 1 aromatic carbocycles. The van der Waals surface area contributed by atoms with Gasteiger partial charge in [-0.05, 0) is 18.6 Å². The molecule has 0 radical (unpaired) electrons. The first-order valence-electron chi connectivity index (χ1n) is 5.63. The number of nitrogens with zero attached hydrogens (tertiary/aromatic N) is 3. The Balaban J connectivity index is 2.04. The van der Waals surface area contributed by atoms with Crippen molar-refractivity contribution in [1.82, 2.24) is 20.1 Å². The minimum absolute atomic E-state index is 0.0518. The number of phenols is 1. The Morgan fingerprint density at radius 2 is 2.28 bits per heavy atom. The highest BCUT2D eigenvalue weighted by Crippen LogP contribution is 2.26. The highest BCUT2D eigenvalue weighted by molar-refractivity contribution is 6.32. The van der Waals surface area contributed by atoms with Crippen LogP contribution in [0.4, 0.5) is 0 Å². The fourth-order valence-corrected chi connectivity index (χ4v) is 1.93. The molecule has 0 saturated heterocycles. The predicted molar refractivity (Wildman–Crippen MR) is 69.4 cm³/mol. The first-order valence-corrected chi connectivity index (χ1v) is 6.01. The molecule has 1 atom stereocenters. The molecule has 0 saturated carbocycles. The molecule has 1 heterocycles. The predicted octanol–water partition coefficient (Wildman–Crippen LogP) is 2.02. The lowest BCUT2D eigenvalue weighted by atomic mass is 10.2. The van der Waals surface area contributed by atoms with Crippen molar-refractivity contribution in [3.8, 4) is 5.75 Å². The van der Waals surface area contributed by atoms with Gasteiger partial charge in [0.1, 0.15) is 17.9 Å². The summed E-state index contributed by atoms with van der Waals surface area (Å²) in [5.74, 6) is 0.952. The van der Waals surface area contributed by atoms with Crippen LogP contribution in [0.3, 0.4) is 0 Å². The van der Waals surface area contributed by atoms with E-state index in [0.717, 1.165) is 11.4 Å². The maximum Gasteiger partial charge on any atom is 0.149 e. The summed E-state index contributed by atoms with van der Waals surface area (Å²) in [4.78, 5) is 0. The van der Waals surface area contributed by atoms with Crippen LogP contribution in [-0.4, -0.2) is 19.9 Å². The molecule has 5 nitrogen and oxygen atoms in total. The molecule has 6 heteroatoms. The third-order valence-corrected chi connectivity index (χ3v) is 3.23. The van der Waals surface area contributed by atoms with Crippen LogP contribution in [0.25, 0.3) is 0 Å². The summed E-state index contributed by atoms with van der Waals surface area (Å²) in [6.45, 7) is 2.56. The molecular weight excluding hydrogens is 252 g/mol. The van der Waals surface area contributed by atoms with Crippen molar-refractivity contribution in [2.24, 2.45) is 7.05 Å². The van der Waals surface area contributed by atoms with Crippen molar-refractivity contribution in [3.05, 3.63) is 40.9 Å². The minimum atomic E-state index is 0.0518. The molecule has 2 aromatic rings. The van der Waals surface area contributed by atoms with Gasteiger partial charge >= 0.3 is 0 Å². The van der Waals surface area contributed by atoms with Gasteiger partial charge in [-0.25, -0.2) is 0 Å². The summed E-state index contributed by atoms with van der Waals surface area (Å²) in [6.07, 6.45) is 1.66. The molecule has 1 aromatic heterocycles. The van der Waals surface area contributed by atoms with Crippen LogP contribution in [0.1, 0.15) is 24.4 Å². The van der Waals surface area contributed by atoms with E-state index in [4.69, 9.17) is 11.6 Å². The van der Waals surface area contributed by atoms with Gasteiger partial charge in [-0.3, -0.25) is 0 Å². The molecule has 0 bridgehead atoms. The number of hydrogen-bond donors (Lipinski definition) is 2. The zero-order valence-corrected chi connectivity index (χ0v) is 11.0. The van der Waals surface area contributed by atoms with Gasteiger partial charge in [0, 0.05) is 13.6 Å². The Morgan fingerprint density at radius 3 is 2.94 bits per heavy atom. The topological polar surface area (TPSA) is 63.0 Å². The van der Waals surface area contributed by atoms with E-state index >= 15 is 0 Å². The molecule has 2 rings (SSSR count). The third-order valence-electron chi connectivity index (χ3n) is 2.79. The van der Waals surface area contributed by atoms with Crippen LogP contribution >= 0.6 is 11.6 Å². The van der Waals surface area contributed by atoms with Crippen molar-refractivity contribution in [1.29, 1.82) is 0 Å². The smallest absolute Gasteiger partial charge is 0.149 e. The third kappa shape index (κ3) is 2.63. The summed E-state index contributed by atoms with van der Waals surface area (Å²) in [5.41, 5.74) is 0.852. The van der Waals surface area contributed by atoms with E-state index in [1.807, 2.05) is 24.6 Å². The van der Waals surface area contributed by atoms with Gasteiger partial charge in [-0.2, -0.15) is 0 Å². The zero-order valence-electron chi connectivity index (χ0n) is 10.3. The molecule has 0 fully saturated rings. The van der Waals surface area contributed by atoms with Gasteiger partial charge in [-0.1, -0.05) is 23.7 Å². The highest BCUT2D eigenvalue weighted by Gasteiger charge is 2.12. The molecular formula is C12H15ClN4O. The second-order valence-electron chi connectivity index (χ2n) is 4.15. The largest absolute Gasteiger partial charge is 0.506 e. The molecule has 1 unspecified atom stereocenters. The van der Waals surface area contributed by atoms with E-state index in [0.29, 0.717) is 11.6 Å². The van der Waals surface area contributed by atoms with E-state index in [1.165, 1.54) is 0 Å². The standard InChI is InChI=1S/C12H15ClN4O/c1-8(12-16-15-7-17(12)2)14-6-9-4-3-5-10(18)11(9)13/h3-5,7-8,14,18H,6H2,1-2H3. The van der Waals surface area contributed by atoms with E-state index < -0.39 is 0 Å². The normalized spacial score (nSPS) is 12.6. The van der Waals surface area contributed by atoms with E-state index in [9.17, 15) is 5.11 Å². The number of aromatic hydroxyl groups is 1. The molecule has 96 valence electrons. The van der Waals surface area contributed by atoms with Crippen molar-refractivity contribution in [2.75, 3.05) is 0 Å². The Kier molecular flexibility index (Phi) is 3.84.